The molecule has 0 unspecified atom stereocenters. The van der Waals surface area contributed by atoms with Gasteiger partial charge in [0.05, 0.1) is 22.7 Å². The molecule has 1 heterocycles. The predicted molar refractivity (Wildman–Crippen MR) is 123 cm³/mol. The first kappa shape index (κ1) is 22.7. The molecule has 0 radical (unpaired) electrons. The fourth-order valence-corrected chi connectivity index (χ4v) is 4.65. The van der Waals surface area contributed by atoms with Crippen molar-refractivity contribution >= 4 is 15.9 Å². The molecule has 2 aromatic carbocycles. The van der Waals surface area contributed by atoms with Gasteiger partial charge < -0.3 is 5.32 Å². The first-order valence-electron chi connectivity index (χ1n) is 10.1. The van der Waals surface area contributed by atoms with Gasteiger partial charge in [-0.2, -0.15) is 0 Å². The topological polar surface area (TPSA) is 88.2 Å². The van der Waals surface area contributed by atoms with E-state index in [0.29, 0.717) is 23.4 Å². The van der Waals surface area contributed by atoms with E-state index in [1.807, 2.05) is 55.5 Å². The van der Waals surface area contributed by atoms with E-state index in [1.54, 1.807) is 32.0 Å². The number of aromatic nitrogens is 1. The van der Waals surface area contributed by atoms with Crippen LogP contribution in [0.15, 0.2) is 66.7 Å². The maximum atomic E-state index is 12.6. The van der Waals surface area contributed by atoms with E-state index in [1.165, 1.54) is 0 Å². The monoisotopic (exact) mass is 437 g/mol. The van der Waals surface area contributed by atoms with Crippen molar-refractivity contribution in [2.75, 3.05) is 0 Å². The number of nitrogens with zero attached hydrogens (tertiary/aromatic N) is 1. The van der Waals surface area contributed by atoms with Gasteiger partial charge in [0.1, 0.15) is 0 Å². The van der Waals surface area contributed by atoms with Crippen molar-refractivity contribution in [2.24, 2.45) is 0 Å². The van der Waals surface area contributed by atoms with E-state index in [4.69, 9.17) is 0 Å². The van der Waals surface area contributed by atoms with Crippen LogP contribution in [-0.4, -0.2) is 25.4 Å². The lowest BCUT2D eigenvalue weighted by Crippen LogP contribution is -2.31. The number of carbonyl (C=O) groups excluding carboxylic acids is 1. The van der Waals surface area contributed by atoms with Crippen molar-refractivity contribution in [2.45, 2.75) is 39.1 Å². The van der Waals surface area contributed by atoms with Gasteiger partial charge in [0.25, 0.3) is 5.91 Å². The van der Waals surface area contributed by atoms with Crippen molar-refractivity contribution in [1.29, 1.82) is 0 Å². The summed E-state index contributed by atoms with van der Waals surface area (Å²) in [4.78, 5) is 17.2. The lowest BCUT2D eigenvalue weighted by atomic mass is 10.1. The number of aryl methyl sites for hydroxylation is 1. The van der Waals surface area contributed by atoms with Gasteiger partial charge in [-0.3, -0.25) is 9.78 Å². The van der Waals surface area contributed by atoms with Gasteiger partial charge in [-0.15, -0.1) is 0 Å². The minimum Gasteiger partial charge on any atom is -0.348 e. The number of hydrogen-bond donors (Lipinski definition) is 2. The lowest BCUT2D eigenvalue weighted by Gasteiger charge is -2.11. The first-order valence-corrected chi connectivity index (χ1v) is 11.8. The number of nitrogens with one attached hydrogen (secondary N) is 2. The highest BCUT2D eigenvalue weighted by Crippen LogP contribution is 2.18. The average Bonchev–Trinajstić information content (AvgIpc) is 2.72. The maximum absolute atomic E-state index is 12.6. The Morgan fingerprint density at radius 2 is 1.58 bits per heavy atom. The lowest BCUT2D eigenvalue weighted by molar-refractivity contribution is 0.0950. The summed E-state index contributed by atoms with van der Waals surface area (Å²) in [5.41, 5.74) is 4.60. The van der Waals surface area contributed by atoms with Crippen LogP contribution in [0.5, 0.6) is 0 Å². The third-order valence-corrected chi connectivity index (χ3v) is 6.19. The molecule has 7 heteroatoms. The van der Waals surface area contributed by atoms with Crippen molar-refractivity contribution in [3.63, 3.8) is 0 Å². The Morgan fingerprint density at radius 3 is 2.19 bits per heavy atom. The molecule has 0 saturated carbocycles. The molecular weight excluding hydrogens is 410 g/mol. The largest absolute Gasteiger partial charge is 0.348 e. The molecule has 3 aromatic rings. The summed E-state index contributed by atoms with van der Waals surface area (Å²) in [5.74, 6) is -0.270. The predicted octanol–water partition coefficient (Wildman–Crippen LogP) is 3.81. The Bertz CT molecular complexity index is 1140. The molecule has 0 saturated heterocycles. The Balaban J connectivity index is 1.61. The summed E-state index contributed by atoms with van der Waals surface area (Å²) in [7, 11) is -3.36. The molecular formula is C24H27N3O3S. The summed E-state index contributed by atoms with van der Waals surface area (Å²) < 4.78 is 26.6. The summed E-state index contributed by atoms with van der Waals surface area (Å²) >= 11 is 0. The number of rotatable bonds is 8. The number of carbonyl (C=O) groups is 1. The van der Waals surface area contributed by atoms with Gasteiger partial charge in [0.15, 0.2) is 0 Å². The number of pyridine rings is 1. The minimum atomic E-state index is -3.36. The summed E-state index contributed by atoms with van der Waals surface area (Å²) in [6, 6.07) is 20.5. The second-order valence-electron chi connectivity index (χ2n) is 7.73. The highest BCUT2D eigenvalue weighted by molar-refractivity contribution is 7.88. The Morgan fingerprint density at radius 1 is 0.935 bits per heavy atom. The third kappa shape index (κ3) is 6.47. The zero-order valence-electron chi connectivity index (χ0n) is 17.9. The van der Waals surface area contributed by atoms with E-state index in [-0.39, 0.29) is 17.7 Å². The first-order chi connectivity index (χ1) is 14.7. The minimum absolute atomic E-state index is 0.0730. The quantitative estimate of drug-likeness (QED) is 0.561. The fourth-order valence-electron chi connectivity index (χ4n) is 3.22. The molecule has 3 rings (SSSR count). The van der Waals surface area contributed by atoms with Gasteiger partial charge in [-0.05, 0) is 44.0 Å². The van der Waals surface area contributed by atoms with Gasteiger partial charge in [-0.25, -0.2) is 13.1 Å². The highest BCUT2D eigenvalue weighted by Gasteiger charge is 2.14. The van der Waals surface area contributed by atoms with Crippen LogP contribution in [-0.2, 0) is 22.3 Å². The van der Waals surface area contributed by atoms with Crippen LogP contribution in [0.3, 0.4) is 0 Å². The van der Waals surface area contributed by atoms with Crippen LogP contribution in [0, 0.1) is 6.92 Å². The van der Waals surface area contributed by atoms with Crippen LogP contribution in [0.2, 0.25) is 0 Å². The molecule has 1 amide bonds. The molecule has 0 spiro atoms. The van der Waals surface area contributed by atoms with Crippen LogP contribution >= 0.6 is 0 Å². The molecule has 31 heavy (non-hydrogen) atoms. The van der Waals surface area contributed by atoms with E-state index in [2.05, 4.69) is 15.0 Å². The summed E-state index contributed by atoms with van der Waals surface area (Å²) in [5, 5.41) is 2.90. The van der Waals surface area contributed by atoms with Crippen molar-refractivity contribution in [1.82, 2.24) is 15.0 Å². The maximum Gasteiger partial charge on any atom is 0.253 e. The van der Waals surface area contributed by atoms with Crippen molar-refractivity contribution < 1.29 is 13.2 Å². The Labute approximate surface area is 183 Å². The fraction of sp³-hybridized carbons (Fsp3) is 0.250. The molecule has 2 N–H and O–H groups in total. The summed E-state index contributed by atoms with van der Waals surface area (Å²) in [6.07, 6.45) is 0. The molecule has 0 aliphatic rings. The molecule has 0 fully saturated rings. The standard InChI is InChI=1S/C24H27N3O3S/c1-17(2)27-31(29,30)16-20-11-9-19(10-12-20)15-25-24(28)22-13-14-23(26-18(22)3)21-7-5-4-6-8-21/h4-14,17,27H,15-16H2,1-3H3,(H,25,28). The molecule has 1 aromatic heterocycles. The van der Waals surface area contributed by atoms with Crippen molar-refractivity contribution in [3.8, 4) is 11.3 Å². The zero-order valence-corrected chi connectivity index (χ0v) is 18.7. The van der Waals surface area contributed by atoms with Crippen LogP contribution < -0.4 is 10.0 Å². The molecule has 0 aliphatic heterocycles. The zero-order chi connectivity index (χ0) is 22.4. The number of hydrogen-bond acceptors (Lipinski definition) is 4. The number of benzene rings is 2. The SMILES string of the molecule is Cc1nc(-c2ccccc2)ccc1C(=O)NCc1ccc(CS(=O)(=O)NC(C)C)cc1. The third-order valence-electron chi connectivity index (χ3n) is 4.65. The van der Waals surface area contributed by atoms with Crippen molar-refractivity contribution in [3.05, 3.63) is 89.1 Å². The van der Waals surface area contributed by atoms with E-state index < -0.39 is 10.0 Å². The second-order valence-corrected chi connectivity index (χ2v) is 9.48. The average molecular weight is 438 g/mol. The van der Waals surface area contributed by atoms with Crippen LogP contribution in [0.1, 0.15) is 41.0 Å². The van der Waals surface area contributed by atoms with E-state index >= 15 is 0 Å². The molecule has 0 aliphatic carbocycles. The summed E-state index contributed by atoms with van der Waals surface area (Å²) in [6.45, 7) is 5.74. The van der Waals surface area contributed by atoms with Gasteiger partial charge in [0.2, 0.25) is 10.0 Å². The molecule has 0 atom stereocenters. The smallest absolute Gasteiger partial charge is 0.253 e. The number of sulfonamides is 1. The molecule has 162 valence electrons. The second kappa shape index (κ2) is 9.85. The Kier molecular flexibility index (Phi) is 7.20. The van der Waals surface area contributed by atoms with Gasteiger partial charge in [-0.1, -0.05) is 54.6 Å². The molecule has 0 bridgehead atoms. The van der Waals surface area contributed by atoms with Gasteiger partial charge in [0, 0.05) is 18.2 Å². The van der Waals surface area contributed by atoms with Crippen LogP contribution in [0.4, 0.5) is 0 Å². The highest BCUT2D eigenvalue weighted by atomic mass is 32.2. The molecule has 6 nitrogen and oxygen atoms in total. The Hall–Kier alpha value is -3.03. The van der Waals surface area contributed by atoms with Gasteiger partial charge >= 0.3 is 0 Å². The van der Waals surface area contributed by atoms with Crippen LogP contribution in [0.25, 0.3) is 11.3 Å². The normalized spacial score (nSPS) is 11.5. The van der Waals surface area contributed by atoms with E-state index in [0.717, 1.165) is 16.8 Å². The number of amides is 1. The van der Waals surface area contributed by atoms with E-state index in [9.17, 15) is 13.2 Å².